The van der Waals surface area contributed by atoms with Crippen molar-refractivity contribution in [2.75, 3.05) is 5.32 Å². The number of hydrogen-bond donors (Lipinski definition) is 1. The van der Waals surface area contributed by atoms with E-state index in [0.29, 0.717) is 21.0 Å². The van der Waals surface area contributed by atoms with Gasteiger partial charge in [-0.3, -0.25) is 4.79 Å². The van der Waals surface area contributed by atoms with E-state index >= 15 is 0 Å². The molecule has 104 valence electrons. The van der Waals surface area contributed by atoms with E-state index < -0.39 is 0 Å². The summed E-state index contributed by atoms with van der Waals surface area (Å²) in [4.78, 5) is 20.5. The predicted octanol–water partition coefficient (Wildman–Crippen LogP) is 4.27. The topological polar surface area (TPSA) is 54.9 Å². The first kappa shape index (κ1) is 14.9. The standard InChI is InChI=1S/C14H13BrClN3O/c1-8(2)11-6-9(7-12(16)18-11)14(20)19-10-4-3-5-17-13(10)15/h3-8H,1-2H3,(H,19,20). The Balaban J connectivity index is 2.28. The maximum absolute atomic E-state index is 12.2. The molecule has 1 N–H and O–H groups in total. The van der Waals surface area contributed by atoms with Crippen LogP contribution in [0.2, 0.25) is 5.15 Å². The minimum absolute atomic E-state index is 0.199. The molecule has 0 aliphatic heterocycles. The molecule has 0 atom stereocenters. The highest BCUT2D eigenvalue weighted by Crippen LogP contribution is 2.21. The van der Waals surface area contributed by atoms with Crippen molar-refractivity contribution >= 4 is 39.1 Å². The number of rotatable bonds is 3. The van der Waals surface area contributed by atoms with E-state index in [9.17, 15) is 4.79 Å². The first-order chi connectivity index (χ1) is 9.47. The Bertz CT molecular complexity index is 646. The normalized spacial score (nSPS) is 10.7. The summed E-state index contributed by atoms with van der Waals surface area (Å²) in [6, 6.07) is 6.81. The van der Waals surface area contributed by atoms with Crippen LogP contribution in [-0.4, -0.2) is 15.9 Å². The van der Waals surface area contributed by atoms with Crippen LogP contribution in [0.4, 0.5) is 5.69 Å². The highest BCUT2D eigenvalue weighted by atomic mass is 79.9. The van der Waals surface area contributed by atoms with Gasteiger partial charge in [0, 0.05) is 17.5 Å². The fourth-order valence-corrected chi connectivity index (χ4v) is 2.18. The molecular formula is C14H13BrClN3O. The molecule has 2 rings (SSSR count). The van der Waals surface area contributed by atoms with Gasteiger partial charge in [-0.15, -0.1) is 0 Å². The van der Waals surface area contributed by atoms with Gasteiger partial charge in [0.05, 0.1) is 5.69 Å². The van der Waals surface area contributed by atoms with Crippen molar-refractivity contribution in [3.05, 3.63) is 51.5 Å². The second-order valence-electron chi connectivity index (χ2n) is 4.55. The average Bonchev–Trinajstić information content (AvgIpc) is 2.40. The Kier molecular flexibility index (Phi) is 4.73. The van der Waals surface area contributed by atoms with E-state index in [-0.39, 0.29) is 11.8 Å². The van der Waals surface area contributed by atoms with Gasteiger partial charge in [0.25, 0.3) is 5.91 Å². The Morgan fingerprint density at radius 3 is 2.80 bits per heavy atom. The van der Waals surface area contributed by atoms with Crippen LogP contribution in [0.25, 0.3) is 0 Å². The number of hydrogen-bond acceptors (Lipinski definition) is 3. The lowest BCUT2D eigenvalue weighted by molar-refractivity contribution is 0.102. The summed E-state index contributed by atoms with van der Waals surface area (Å²) in [6.07, 6.45) is 1.64. The number of anilines is 1. The molecule has 0 aliphatic rings. The molecule has 2 aromatic rings. The van der Waals surface area contributed by atoms with Gasteiger partial charge in [-0.25, -0.2) is 9.97 Å². The van der Waals surface area contributed by atoms with Gasteiger partial charge in [-0.05, 0) is 46.1 Å². The zero-order valence-electron chi connectivity index (χ0n) is 11.0. The zero-order valence-corrected chi connectivity index (χ0v) is 13.4. The van der Waals surface area contributed by atoms with Crippen molar-refractivity contribution in [3.63, 3.8) is 0 Å². The summed E-state index contributed by atoms with van der Waals surface area (Å²) < 4.78 is 0.581. The monoisotopic (exact) mass is 353 g/mol. The second kappa shape index (κ2) is 6.33. The molecule has 0 aliphatic carbocycles. The van der Waals surface area contributed by atoms with Crippen LogP contribution in [0.15, 0.2) is 35.1 Å². The highest BCUT2D eigenvalue weighted by Gasteiger charge is 2.12. The molecule has 2 heterocycles. The van der Waals surface area contributed by atoms with Gasteiger partial charge in [0.2, 0.25) is 0 Å². The zero-order chi connectivity index (χ0) is 14.7. The molecule has 0 unspecified atom stereocenters. The summed E-state index contributed by atoms with van der Waals surface area (Å²) in [5.74, 6) is -0.0460. The molecule has 2 aromatic heterocycles. The summed E-state index contributed by atoms with van der Waals surface area (Å²) in [6.45, 7) is 4.00. The lowest BCUT2D eigenvalue weighted by Gasteiger charge is -2.10. The molecule has 0 bridgehead atoms. The van der Waals surface area contributed by atoms with Crippen molar-refractivity contribution in [2.45, 2.75) is 19.8 Å². The van der Waals surface area contributed by atoms with E-state index in [2.05, 4.69) is 31.2 Å². The van der Waals surface area contributed by atoms with Crippen molar-refractivity contribution < 1.29 is 4.79 Å². The molecule has 0 fully saturated rings. The fraction of sp³-hybridized carbons (Fsp3) is 0.214. The molecule has 4 nitrogen and oxygen atoms in total. The largest absolute Gasteiger partial charge is 0.320 e. The molecule has 1 amide bonds. The number of nitrogens with zero attached hydrogens (tertiary/aromatic N) is 2. The lowest BCUT2D eigenvalue weighted by atomic mass is 10.1. The Labute approximate surface area is 130 Å². The van der Waals surface area contributed by atoms with Crippen molar-refractivity contribution in [3.8, 4) is 0 Å². The summed E-state index contributed by atoms with van der Waals surface area (Å²) >= 11 is 9.24. The molecule has 20 heavy (non-hydrogen) atoms. The highest BCUT2D eigenvalue weighted by molar-refractivity contribution is 9.10. The lowest BCUT2D eigenvalue weighted by Crippen LogP contribution is -2.13. The van der Waals surface area contributed by atoms with Gasteiger partial charge in [0.15, 0.2) is 0 Å². The van der Waals surface area contributed by atoms with Gasteiger partial charge >= 0.3 is 0 Å². The van der Waals surface area contributed by atoms with Crippen LogP contribution in [0.3, 0.4) is 0 Å². The van der Waals surface area contributed by atoms with E-state index in [1.165, 1.54) is 0 Å². The summed E-state index contributed by atoms with van der Waals surface area (Å²) in [5, 5.41) is 3.10. The van der Waals surface area contributed by atoms with Gasteiger partial charge in [-0.1, -0.05) is 25.4 Å². The number of aromatic nitrogens is 2. The van der Waals surface area contributed by atoms with Crippen LogP contribution in [0.5, 0.6) is 0 Å². The van der Waals surface area contributed by atoms with Crippen molar-refractivity contribution in [1.29, 1.82) is 0 Å². The fourth-order valence-electron chi connectivity index (χ4n) is 1.62. The van der Waals surface area contributed by atoms with Gasteiger partial charge in [0.1, 0.15) is 9.76 Å². The van der Waals surface area contributed by atoms with Crippen molar-refractivity contribution in [2.24, 2.45) is 0 Å². The third kappa shape index (κ3) is 3.55. The van der Waals surface area contributed by atoms with Gasteiger partial charge in [-0.2, -0.15) is 0 Å². The van der Waals surface area contributed by atoms with E-state index in [1.54, 1.807) is 30.5 Å². The van der Waals surface area contributed by atoms with Crippen LogP contribution in [-0.2, 0) is 0 Å². The smallest absolute Gasteiger partial charge is 0.255 e. The van der Waals surface area contributed by atoms with Crippen LogP contribution >= 0.6 is 27.5 Å². The Hall–Kier alpha value is -1.46. The van der Waals surface area contributed by atoms with E-state index in [1.807, 2.05) is 13.8 Å². The molecule has 0 saturated carbocycles. The molecule has 6 heteroatoms. The third-order valence-corrected chi connectivity index (χ3v) is 3.50. The van der Waals surface area contributed by atoms with E-state index in [4.69, 9.17) is 11.6 Å². The maximum atomic E-state index is 12.2. The Morgan fingerprint density at radius 1 is 1.40 bits per heavy atom. The van der Waals surface area contributed by atoms with Gasteiger partial charge < -0.3 is 5.32 Å². The molecular weight excluding hydrogens is 342 g/mol. The number of halogens is 2. The number of pyridine rings is 2. The maximum Gasteiger partial charge on any atom is 0.255 e. The minimum atomic E-state index is -0.245. The predicted molar refractivity (Wildman–Crippen MR) is 83.2 cm³/mol. The second-order valence-corrected chi connectivity index (χ2v) is 5.69. The van der Waals surface area contributed by atoms with Crippen LogP contribution < -0.4 is 5.32 Å². The SMILES string of the molecule is CC(C)c1cc(C(=O)Nc2cccnc2Br)cc(Cl)n1. The number of carbonyl (C=O) groups is 1. The Morgan fingerprint density at radius 2 is 2.15 bits per heavy atom. The molecule has 0 saturated heterocycles. The summed E-state index contributed by atoms with van der Waals surface area (Å²) in [7, 11) is 0. The first-order valence-electron chi connectivity index (χ1n) is 6.06. The van der Waals surface area contributed by atoms with Crippen LogP contribution in [0.1, 0.15) is 35.8 Å². The third-order valence-electron chi connectivity index (χ3n) is 2.67. The molecule has 0 spiro atoms. The van der Waals surface area contributed by atoms with Crippen LogP contribution in [0, 0.1) is 0 Å². The molecule has 0 radical (unpaired) electrons. The first-order valence-corrected chi connectivity index (χ1v) is 7.24. The number of nitrogens with one attached hydrogen (secondary N) is 1. The molecule has 0 aromatic carbocycles. The quantitative estimate of drug-likeness (QED) is 0.838. The average molecular weight is 355 g/mol. The number of amides is 1. The van der Waals surface area contributed by atoms with Crippen molar-refractivity contribution in [1.82, 2.24) is 9.97 Å². The summed E-state index contributed by atoms with van der Waals surface area (Å²) in [5.41, 5.74) is 1.87. The van der Waals surface area contributed by atoms with E-state index in [0.717, 1.165) is 5.69 Å². The number of carbonyl (C=O) groups excluding carboxylic acids is 1. The minimum Gasteiger partial charge on any atom is -0.320 e.